The smallest absolute Gasteiger partial charge is 0.276 e. The molecule has 3 aromatic carbocycles. The van der Waals surface area contributed by atoms with Gasteiger partial charge in [0.05, 0.1) is 22.9 Å². The Morgan fingerprint density at radius 3 is 2.00 bits per heavy atom. The van der Waals surface area contributed by atoms with Crippen LogP contribution in [0, 0.1) is 29.4 Å². The first-order valence-electron chi connectivity index (χ1n) is 12.4. The maximum Gasteiger partial charge on any atom is 0.276 e. The number of hydrogen-bond acceptors (Lipinski definition) is 6. The number of rotatable bonds is 10. The van der Waals surface area contributed by atoms with Crippen LogP contribution in [0.1, 0.15) is 29.2 Å². The zero-order chi connectivity index (χ0) is 27.8. The molecular weight excluding hydrogens is 520 g/mol. The van der Waals surface area contributed by atoms with E-state index in [0.717, 1.165) is 37.3 Å². The van der Waals surface area contributed by atoms with Gasteiger partial charge in [0.2, 0.25) is 0 Å². The van der Waals surface area contributed by atoms with Crippen molar-refractivity contribution in [3.8, 4) is 12.3 Å². The van der Waals surface area contributed by atoms with E-state index < -0.39 is 10.0 Å². The van der Waals surface area contributed by atoms with Gasteiger partial charge in [-0.15, -0.1) is 6.42 Å². The number of hydrogen-bond donors (Lipinski definition) is 2. The van der Waals surface area contributed by atoms with Gasteiger partial charge >= 0.3 is 0 Å². The Hall–Kier alpha value is -3.91. The molecule has 3 aromatic rings. The second-order valence-electron chi connectivity index (χ2n) is 9.18. The molecule has 7 nitrogen and oxygen atoms in total. The lowest BCUT2D eigenvalue weighted by Gasteiger charge is -2.39. The van der Waals surface area contributed by atoms with Crippen LogP contribution in [0.4, 0.5) is 8.78 Å². The molecule has 0 aromatic heterocycles. The molecule has 1 saturated heterocycles. The van der Waals surface area contributed by atoms with Gasteiger partial charge in [-0.2, -0.15) is 13.5 Å². The van der Waals surface area contributed by atoms with E-state index in [4.69, 9.17) is 11.8 Å². The van der Waals surface area contributed by atoms with E-state index in [1.54, 1.807) is 24.3 Å². The summed E-state index contributed by atoms with van der Waals surface area (Å²) in [7, 11) is -3.85. The van der Waals surface area contributed by atoms with Crippen LogP contribution in [-0.2, 0) is 10.0 Å². The summed E-state index contributed by atoms with van der Waals surface area (Å²) >= 11 is 0. The van der Waals surface area contributed by atoms with Gasteiger partial charge in [0, 0.05) is 44.7 Å². The zero-order valence-corrected chi connectivity index (χ0v) is 22.0. The van der Waals surface area contributed by atoms with E-state index in [9.17, 15) is 17.2 Å². The molecule has 0 spiro atoms. The van der Waals surface area contributed by atoms with E-state index in [0.29, 0.717) is 18.5 Å². The molecule has 202 valence electrons. The molecule has 10 heteroatoms. The Labute approximate surface area is 227 Å². The molecule has 39 heavy (non-hydrogen) atoms. The number of halogens is 2. The summed E-state index contributed by atoms with van der Waals surface area (Å²) in [5.41, 5.74) is 2.63. The predicted octanol–water partition coefficient (Wildman–Crippen LogP) is 4.03. The van der Waals surface area contributed by atoms with Crippen LogP contribution in [-0.4, -0.2) is 62.9 Å². The van der Waals surface area contributed by atoms with Gasteiger partial charge in [-0.25, -0.2) is 13.6 Å². The Morgan fingerprint density at radius 2 is 1.49 bits per heavy atom. The number of benzene rings is 3. The Balaban J connectivity index is 1.29. The van der Waals surface area contributed by atoms with Crippen molar-refractivity contribution in [1.82, 2.24) is 14.6 Å². The maximum absolute atomic E-state index is 13.6. The maximum atomic E-state index is 13.6. The largest absolute Gasteiger partial charge is 0.304 e. The van der Waals surface area contributed by atoms with E-state index in [1.807, 2.05) is 0 Å². The molecule has 1 aliphatic rings. The van der Waals surface area contributed by atoms with Crippen LogP contribution in [0.3, 0.4) is 0 Å². The van der Waals surface area contributed by atoms with Gasteiger partial charge < -0.3 is 10.3 Å². The first kappa shape index (κ1) is 28.1. The van der Waals surface area contributed by atoms with Gasteiger partial charge in [-0.3, -0.25) is 4.90 Å². The lowest BCUT2D eigenvalue weighted by Crippen LogP contribution is -2.48. The minimum absolute atomic E-state index is 0.0302. The number of terminal acetylenes is 1. The summed E-state index contributed by atoms with van der Waals surface area (Å²) in [5.74, 6) is 1.81. The second kappa shape index (κ2) is 12.8. The fourth-order valence-electron chi connectivity index (χ4n) is 4.45. The third kappa shape index (κ3) is 7.57. The molecule has 0 unspecified atom stereocenters. The number of hydrazone groups is 1. The summed E-state index contributed by atoms with van der Waals surface area (Å²) in [6.45, 7) is 3.60. The van der Waals surface area contributed by atoms with Crippen LogP contribution in [0.2, 0.25) is 0 Å². The van der Waals surface area contributed by atoms with Crippen LogP contribution in [0.5, 0.6) is 0 Å². The highest BCUT2D eigenvalue weighted by Gasteiger charge is 2.26. The molecule has 0 bridgehead atoms. The van der Waals surface area contributed by atoms with Crippen molar-refractivity contribution >= 4 is 21.9 Å². The molecular formula is C29H29F2N5O2S. The van der Waals surface area contributed by atoms with Crippen molar-refractivity contribution in [3.63, 3.8) is 0 Å². The average Bonchev–Trinajstić information content (AvgIpc) is 2.94. The number of nitrogens with one attached hydrogen (secondary N) is 2. The molecule has 0 saturated carbocycles. The molecule has 1 fully saturated rings. The van der Waals surface area contributed by atoms with Crippen molar-refractivity contribution < 1.29 is 17.2 Å². The van der Waals surface area contributed by atoms with Gasteiger partial charge in [-0.1, -0.05) is 30.2 Å². The van der Waals surface area contributed by atoms with Crippen molar-refractivity contribution in [2.75, 3.05) is 32.7 Å². The topological polar surface area (TPSA) is 88.9 Å². The van der Waals surface area contributed by atoms with Gasteiger partial charge in [-0.05, 0) is 59.7 Å². The normalized spacial score (nSPS) is 14.9. The molecule has 0 radical (unpaired) electrons. The summed E-state index contributed by atoms with van der Waals surface area (Å²) in [4.78, 5) is 6.66. The molecule has 0 atom stereocenters. The van der Waals surface area contributed by atoms with Gasteiger partial charge in [0.15, 0.2) is 0 Å². The van der Waals surface area contributed by atoms with Gasteiger partial charge in [0.1, 0.15) is 11.6 Å². The summed E-state index contributed by atoms with van der Waals surface area (Å²) < 4.78 is 51.8. The van der Waals surface area contributed by atoms with Crippen molar-refractivity contribution in [1.29, 1.82) is 5.41 Å². The van der Waals surface area contributed by atoms with Gasteiger partial charge in [0.25, 0.3) is 10.0 Å². The molecule has 0 aliphatic carbocycles. The van der Waals surface area contributed by atoms with Crippen LogP contribution in [0.15, 0.2) is 82.8 Å². The van der Waals surface area contributed by atoms with E-state index in [1.165, 1.54) is 54.7 Å². The van der Waals surface area contributed by atoms with Crippen molar-refractivity contribution in [2.24, 2.45) is 5.10 Å². The quantitative estimate of drug-likeness (QED) is 0.227. The lowest BCUT2D eigenvalue weighted by molar-refractivity contribution is 0.111. The number of nitrogens with zero attached hydrogens (tertiary/aromatic N) is 3. The highest BCUT2D eigenvalue weighted by Crippen LogP contribution is 2.30. The fraction of sp³-hybridized carbons (Fsp3) is 0.241. The van der Waals surface area contributed by atoms with E-state index in [2.05, 4.69) is 25.7 Å². The fourth-order valence-corrected chi connectivity index (χ4v) is 5.24. The first-order valence-corrected chi connectivity index (χ1v) is 13.9. The van der Waals surface area contributed by atoms with Crippen LogP contribution < -0.4 is 4.83 Å². The SMILES string of the molecule is C#Cc1ccc(S(=O)(=O)N/N=C\C(=N)CCN2CCN(C(c3ccc(F)cc3)c3ccc(F)cc3)CC2)cc1. The Kier molecular flexibility index (Phi) is 9.19. The molecule has 0 amide bonds. The van der Waals surface area contributed by atoms with Crippen LogP contribution in [0.25, 0.3) is 0 Å². The highest BCUT2D eigenvalue weighted by atomic mass is 32.2. The average molecular weight is 550 g/mol. The monoisotopic (exact) mass is 549 g/mol. The third-order valence-electron chi connectivity index (χ3n) is 6.57. The molecule has 4 rings (SSSR count). The van der Waals surface area contributed by atoms with E-state index in [-0.39, 0.29) is 28.3 Å². The summed E-state index contributed by atoms with van der Waals surface area (Å²) in [6.07, 6.45) is 6.89. The predicted molar refractivity (Wildman–Crippen MR) is 148 cm³/mol. The minimum atomic E-state index is -3.85. The second-order valence-corrected chi connectivity index (χ2v) is 10.8. The first-order chi connectivity index (χ1) is 18.7. The molecule has 2 N–H and O–H groups in total. The lowest BCUT2D eigenvalue weighted by atomic mass is 9.96. The van der Waals surface area contributed by atoms with Crippen molar-refractivity contribution in [3.05, 3.63) is 101 Å². The van der Waals surface area contributed by atoms with E-state index >= 15 is 0 Å². The zero-order valence-electron chi connectivity index (χ0n) is 21.2. The standard InChI is InChI=1S/C29H29F2N5O2S/c1-2-22-3-13-28(14-4-22)39(37,38)34-33-21-27(32)15-16-35-17-19-36(20-18-35)29(23-5-9-25(30)10-6-23)24-7-11-26(31)12-8-24/h1,3-14,21,29,32,34H,15-20H2/b32-27?,33-21-. The Bertz CT molecular complexity index is 1400. The number of piperazine rings is 1. The minimum Gasteiger partial charge on any atom is -0.304 e. The van der Waals surface area contributed by atoms with Crippen molar-refractivity contribution in [2.45, 2.75) is 17.4 Å². The highest BCUT2D eigenvalue weighted by molar-refractivity contribution is 7.89. The van der Waals surface area contributed by atoms with Crippen LogP contribution >= 0.6 is 0 Å². The number of sulfonamides is 1. The summed E-state index contributed by atoms with van der Waals surface area (Å²) in [6, 6.07) is 18.5. The summed E-state index contributed by atoms with van der Waals surface area (Å²) in [5, 5.41) is 11.9. The molecule has 1 heterocycles. The third-order valence-corrected chi connectivity index (χ3v) is 7.80. The Morgan fingerprint density at radius 1 is 0.949 bits per heavy atom. The molecule has 1 aliphatic heterocycles.